The molecule has 0 radical (unpaired) electrons. The molecule has 0 saturated heterocycles. The van der Waals surface area contributed by atoms with Gasteiger partial charge in [-0.2, -0.15) is 4.68 Å². The molecule has 5 rings (SSSR count). The van der Waals surface area contributed by atoms with Crippen LogP contribution in [0.25, 0.3) is 0 Å². The highest BCUT2D eigenvalue weighted by Gasteiger charge is 2.36. The van der Waals surface area contributed by atoms with E-state index in [2.05, 4.69) is 53.7 Å². The van der Waals surface area contributed by atoms with Gasteiger partial charge in [0.2, 0.25) is 5.95 Å². The molecule has 2 aliphatic rings. The molecule has 2 aromatic carbocycles. The molecule has 1 aliphatic heterocycles. The van der Waals surface area contributed by atoms with Gasteiger partial charge >= 0.3 is 5.97 Å². The van der Waals surface area contributed by atoms with E-state index in [1.54, 1.807) is 4.68 Å². The third kappa shape index (κ3) is 4.85. The minimum atomic E-state index is -0.483. The van der Waals surface area contributed by atoms with Crippen molar-refractivity contribution in [3.8, 4) is 5.75 Å². The summed E-state index contributed by atoms with van der Waals surface area (Å²) in [6, 6.07) is 11.7. The monoisotopic (exact) mass is 487 g/mol. The maximum atomic E-state index is 13.4. The summed E-state index contributed by atoms with van der Waals surface area (Å²) in [7, 11) is 0. The lowest BCUT2D eigenvalue weighted by atomic mass is 9.95. The second kappa shape index (κ2) is 10.1. The molecular weight excluding hydrogens is 454 g/mol. The van der Waals surface area contributed by atoms with Gasteiger partial charge in [-0.05, 0) is 104 Å². The molecule has 1 aromatic heterocycles. The van der Waals surface area contributed by atoms with Gasteiger partial charge in [0.05, 0.1) is 5.57 Å². The molecule has 1 aliphatic carbocycles. The Balaban J connectivity index is 1.37. The SMILES string of the molecule is CC1=C(C(=O)OC2CCCCC2)C(c2ccc(OCc3cc(C)c(C)cc3C)cc2)n2nnnc2N1. The van der Waals surface area contributed by atoms with Crippen molar-refractivity contribution in [2.75, 3.05) is 5.32 Å². The van der Waals surface area contributed by atoms with Crippen LogP contribution in [0.2, 0.25) is 0 Å². The number of carbonyl (C=O) groups is 1. The Labute approximate surface area is 211 Å². The molecule has 0 spiro atoms. The highest BCUT2D eigenvalue weighted by molar-refractivity contribution is 5.92. The Kier molecular flexibility index (Phi) is 6.76. The zero-order valence-corrected chi connectivity index (χ0v) is 21.4. The Morgan fingerprint density at radius 3 is 2.47 bits per heavy atom. The molecule has 1 fully saturated rings. The van der Waals surface area contributed by atoms with Crippen LogP contribution in [0, 0.1) is 20.8 Å². The van der Waals surface area contributed by atoms with Crippen molar-refractivity contribution in [1.29, 1.82) is 0 Å². The number of fused-ring (bicyclic) bond motifs is 1. The molecule has 8 nitrogen and oxygen atoms in total. The summed E-state index contributed by atoms with van der Waals surface area (Å²) in [4.78, 5) is 13.4. The molecule has 1 N–H and O–H groups in total. The van der Waals surface area contributed by atoms with Gasteiger partial charge in [0.25, 0.3) is 0 Å². The third-order valence-electron chi connectivity index (χ3n) is 7.30. The second-order valence-corrected chi connectivity index (χ2v) is 9.90. The van der Waals surface area contributed by atoms with E-state index < -0.39 is 6.04 Å². The van der Waals surface area contributed by atoms with E-state index in [9.17, 15) is 4.79 Å². The zero-order valence-electron chi connectivity index (χ0n) is 21.4. The summed E-state index contributed by atoms with van der Waals surface area (Å²) < 4.78 is 13.7. The fourth-order valence-electron chi connectivity index (χ4n) is 5.07. The number of ether oxygens (including phenoxy) is 2. The van der Waals surface area contributed by atoms with Crippen molar-refractivity contribution in [1.82, 2.24) is 20.2 Å². The average molecular weight is 488 g/mol. The number of rotatable bonds is 6. The number of carbonyl (C=O) groups excluding carboxylic acids is 1. The first-order valence-corrected chi connectivity index (χ1v) is 12.7. The summed E-state index contributed by atoms with van der Waals surface area (Å²) in [5.74, 6) is 0.940. The fraction of sp³-hybridized carbons (Fsp3) is 0.429. The van der Waals surface area contributed by atoms with E-state index in [4.69, 9.17) is 9.47 Å². The summed E-state index contributed by atoms with van der Waals surface area (Å²) in [5, 5.41) is 15.2. The maximum absolute atomic E-state index is 13.4. The van der Waals surface area contributed by atoms with Crippen LogP contribution < -0.4 is 10.1 Å². The van der Waals surface area contributed by atoms with Crippen LogP contribution in [-0.4, -0.2) is 32.3 Å². The Morgan fingerprint density at radius 1 is 1.00 bits per heavy atom. The maximum Gasteiger partial charge on any atom is 0.338 e. The van der Waals surface area contributed by atoms with Gasteiger partial charge in [0, 0.05) is 5.70 Å². The van der Waals surface area contributed by atoms with Crippen LogP contribution in [0.5, 0.6) is 5.75 Å². The largest absolute Gasteiger partial charge is 0.489 e. The molecule has 1 saturated carbocycles. The van der Waals surface area contributed by atoms with Crippen molar-refractivity contribution in [3.05, 3.63) is 75.5 Å². The second-order valence-electron chi connectivity index (χ2n) is 9.90. The standard InChI is InChI=1S/C28H33N5O3/c1-17-14-19(3)22(15-18(17)2)16-35-23-12-10-21(11-13-23)26-25(20(4)29-28-30-31-32-33(26)28)27(34)36-24-8-6-5-7-9-24/h10-15,24,26H,5-9,16H2,1-4H3,(H,29,30,32). The minimum absolute atomic E-state index is 0.0351. The van der Waals surface area contributed by atoms with Gasteiger partial charge in [-0.15, -0.1) is 0 Å². The first-order valence-electron chi connectivity index (χ1n) is 12.7. The Morgan fingerprint density at radius 2 is 1.72 bits per heavy atom. The van der Waals surface area contributed by atoms with Crippen LogP contribution >= 0.6 is 0 Å². The smallest absolute Gasteiger partial charge is 0.338 e. The number of nitrogens with zero attached hydrogens (tertiary/aromatic N) is 4. The lowest BCUT2D eigenvalue weighted by Gasteiger charge is -2.29. The van der Waals surface area contributed by atoms with Gasteiger partial charge in [-0.1, -0.05) is 35.8 Å². The molecule has 2 heterocycles. The lowest BCUT2D eigenvalue weighted by Crippen LogP contribution is -2.32. The number of anilines is 1. The number of hydrogen-bond acceptors (Lipinski definition) is 7. The van der Waals surface area contributed by atoms with E-state index in [-0.39, 0.29) is 12.1 Å². The normalized spacial score (nSPS) is 17.9. The van der Waals surface area contributed by atoms with E-state index >= 15 is 0 Å². The number of hydrogen-bond donors (Lipinski definition) is 1. The Bertz CT molecular complexity index is 1290. The summed E-state index contributed by atoms with van der Waals surface area (Å²) in [6.07, 6.45) is 5.19. The van der Waals surface area contributed by atoms with Crippen LogP contribution in [0.15, 0.2) is 47.7 Å². The number of aryl methyl sites for hydroxylation is 3. The molecule has 3 aromatic rings. The number of aromatic nitrogens is 4. The summed E-state index contributed by atoms with van der Waals surface area (Å²) >= 11 is 0. The third-order valence-corrected chi connectivity index (χ3v) is 7.30. The van der Waals surface area contributed by atoms with Crippen LogP contribution in [0.1, 0.15) is 72.9 Å². The number of allylic oxidation sites excluding steroid dienone is 1. The predicted molar refractivity (Wildman–Crippen MR) is 137 cm³/mol. The van der Waals surface area contributed by atoms with Crippen molar-refractivity contribution in [2.24, 2.45) is 0 Å². The molecule has 188 valence electrons. The molecule has 0 amide bonds. The number of nitrogens with one attached hydrogen (secondary N) is 1. The average Bonchev–Trinajstić information content (AvgIpc) is 3.33. The first-order chi connectivity index (χ1) is 17.4. The van der Waals surface area contributed by atoms with E-state index in [1.807, 2.05) is 31.2 Å². The summed E-state index contributed by atoms with van der Waals surface area (Å²) in [5.41, 5.74) is 7.05. The van der Waals surface area contributed by atoms with Crippen molar-refractivity contribution in [2.45, 2.75) is 78.6 Å². The molecule has 1 atom stereocenters. The number of tetrazole rings is 1. The van der Waals surface area contributed by atoms with Crippen molar-refractivity contribution >= 4 is 11.9 Å². The van der Waals surface area contributed by atoms with Crippen LogP contribution in [-0.2, 0) is 16.1 Å². The van der Waals surface area contributed by atoms with Gasteiger partial charge in [0.1, 0.15) is 24.5 Å². The number of benzene rings is 2. The van der Waals surface area contributed by atoms with E-state index in [0.717, 1.165) is 37.0 Å². The van der Waals surface area contributed by atoms with Crippen molar-refractivity contribution in [3.63, 3.8) is 0 Å². The van der Waals surface area contributed by atoms with Crippen LogP contribution in [0.3, 0.4) is 0 Å². The molecule has 1 unspecified atom stereocenters. The van der Waals surface area contributed by atoms with Crippen molar-refractivity contribution < 1.29 is 14.3 Å². The van der Waals surface area contributed by atoms with E-state index in [1.165, 1.54) is 28.7 Å². The minimum Gasteiger partial charge on any atom is -0.489 e. The Hall–Kier alpha value is -3.68. The molecule has 0 bridgehead atoms. The van der Waals surface area contributed by atoms with Gasteiger partial charge < -0.3 is 14.8 Å². The quantitative estimate of drug-likeness (QED) is 0.469. The predicted octanol–water partition coefficient (Wildman–Crippen LogP) is 5.34. The first kappa shape index (κ1) is 24.0. The zero-order chi connectivity index (χ0) is 25.2. The lowest BCUT2D eigenvalue weighted by molar-refractivity contribution is -0.146. The summed E-state index contributed by atoms with van der Waals surface area (Å²) in [6.45, 7) is 8.71. The van der Waals surface area contributed by atoms with Gasteiger partial charge in [-0.25, -0.2) is 4.79 Å². The van der Waals surface area contributed by atoms with Gasteiger partial charge in [0.15, 0.2) is 0 Å². The van der Waals surface area contributed by atoms with E-state index in [0.29, 0.717) is 23.8 Å². The van der Waals surface area contributed by atoms with Gasteiger partial charge in [-0.3, -0.25) is 0 Å². The van der Waals surface area contributed by atoms with Crippen LogP contribution in [0.4, 0.5) is 5.95 Å². The molecule has 36 heavy (non-hydrogen) atoms. The highest BCUT2D eigenvalue weighted by atomic mass is 16.5. The molecular formula is C28H33N5O3. The number of esters is 1. The highest BCUT2D eigenvalue weighted by Crippen LogP contribution is 2.36. The molecule has 8 heteroatoms. The fourth-order valence-corrected chi connectivity index (χ4v) is 5.07. The topological polar surface area (TPSA) is 91.2 Å².